The molecule has 0 saturated carbocycles. The van der Waals surface area contributed by atoms with Gasteiger partial charge in [-0.25, -0.2) is 13.4 Å². The molecular weight excluding hydrogens is 416 g/mol. The van der Waals surface area contributed by atoms with E-state index in [1.165, 1.54) is 10.6 Å². The van der Waals surface area contributed by atoms with Crippen LogP contribution in [0, 0.1) is 6.92 Å². The van der Waals surface area contributed by atoms with Gasteiger partial charge in [0.25, 0.3) is 5.56 Å². The largest absolute Gasteiger partial charge is 0.332 e. The molecular formula is C22H28N4O4S. The van der Waals surface area contributed by atoms with Crippen molar-refractivity contribution in [2.75, 3.05) is 19.3 Å². The Morgan fingerprint density at radius 1 is 1.26 bits per heavy atom. The number of aryl methyl sites for hydroxylation is 1. The van der Waals surface area contributed by atoms with Gasteiger partial charge in [-0.05, 0) is 38.2 Å². The fourth-order valence-corrected chi connectivity index (χ4v) is 5.27. The second kappa shape index (κ2) is 8.55. The summed E-state index contributed by atoms with van der Waals surface area (Å²) in [6.07, 6.45) is 4.37. The minimum atomic E-state index is -3.36. The van der Waals surface area contributed by atoms with Crippen molar-refractivity contribution in [2.24, 2.45) is 0 Å². The highest BCUT2D eigenvalue weighted by Crippen LogP contribution is 2.30. The van der Waals surface area contributed by atoms with Crippen LogP contribution < -0.4 is 5.56 Å². The monoisotopic (exact) mass is 444 g/mol. The van der Waals surface area contributed by atoms with Gasteiger partial charge in [0.1, 0.15) is 5.82 Å². The van der Waals surface area contributed by atoms with E-state index in [4.69, 9.17) is 0 Å². The van der Waals surface area contributed by atoms with Crippen LogP contribution in [0.4, 0.5) is 0 Å². The van der Waals surface area contributed by atoms with Crippen LogP contribution in [0.25, 0.3) is 0 Å². The van der Waals surface area contributed by atoms with Crippen molar-refractivity contribution >= 4 is 15.9 Å². The maximum absolute atomic E-state index is 13.1. The van der Waals surface area contributed by atoms with Crippen molar-refractivity contribution in [3.63, 3.8) is 0 Å². The lowest BCUT2D eigenvalue weighted by atomic mass is 9.99. The number of hydrogen-bond acceptors (Lipinski definition) is 5. The molecule has 3 heterocycles. The molecule has 2 aromatic rings. The van der Waals surface area contributed by atoms with Gasteiger partial charge in [0.15, 0.2) is 0 Å². The van der Waals surface area contributed by atoms with E-state index in [1.54, 1.807) is 0 Å². The Labute approximate surface area is 182 Å². The molecule has 4 rings (SSSR count). The van der Waals surface area contributed by atoms with Crippen molar-refractivity contribution in [3.05, 3.63) is 62.8 Å². The summed E-state index contributed by atoms with van der Waals surface area (Å²) in [5.41, 5.74) is 2.87. The average Bonchev–Trinajstić information content (AvgIpc) is 2.72. The van der Waals surface area contributed by atoms with Crippen LogP contribution in [0.1, 0.15) is 53.5 Å². The number of benzene rings is 1. The van der Waals surface area contributed by atoms with Crippen LogP contribution in [-0.4, -0.2) is 52.8 Å². The number of fused-ring (bicyclic) bond motifs is 1. The molecule has 1 amide bonds. The number of aromatic amines is 1. The molecule has 0 radical (unpaired) electrons. The average molecular weight is 445 g/mol. The van der Waals surface area contributed by atoms with E-state index in [-0.39, 0.29) is 30.6 Å². The first-order valence-electron chi connectivity index (χ1n) is 10.6. The van der Waals surface area contributed by atoms with Crippen LogP contribution >= 0.6 is 0 Å². The molecule has 0 aliphatic carbocycles. The van der Waals surface area contributed by atoms with Gasteiger partial charge < -0.3 is 9.88 Å². The lowest BCUT2D eigenvalue weighted by Gasteiger charge is -2.36. The van der Waals surface area contributed by atoms with Gasteiger partial charge >= 0.3 is 0 Å². The van der Waals surface area contributed by atoms with Crippen LogP contribution in [0.2, 0.25) is 0 Å². The van der Waals surface area contributed by atoms with Crippen molar-refractivity contribution in [1.82, 2.24) is 19.2 Å². The zero-order valence-electron chi connectivity index (χ0n) is 17.9. The molecule has 9 heteroatoms. The van der Waals surface area contributed by atoms with Crippen LogP contribution in [0.15, 0.2) is 29.1 Å². The molecule has 1 atom stereocenters. The predicted octanol–water partition coefficient (Wildman–Crippen LogP) is 1.69. The van der Waals surface area contributed by atoms with E-state index in [0.29, 0.717) is 36.5 Å². The standard InChI is InChI=1S/C22H28N4O4S/c1-15-6-5-7-16(12-15)13-20(27)26-10-4-3-8-19(26)21-23-18-14-25(31(2,29)30)11-9-17(18)22(28)24-21/h5-7,12,19H,3-4,8-11,13-14H2,1-2H3,(H,23,24,28)/t19-/m0/s1. The summed E-state index contributed by atoms with van der Waals surface area (Å²) in [5, 5.41) is 0. The minimum absolute atomic E-state index is 0.00781. The first-order valence-corrected chi connectivity index (χ1v) is 12.5. The third-order valence-electron chi connectivity index (χ3n) is 6.10. The Morgan fingerprint density at radius 2 is 2.06 bits per heavy atom. The van der Waals surface area contributed by atoms with E-state index in [2.05, 4.69) is 9.97 Å². The summed E-state index contributed by atoms with van der Waals surface area (Å²) in [6, 6.07) is 7.59. The predicted molar refractivity (Wildman–Crippen MR) is 117 cm³/mol. The highest BCUT2D eigenvalue weighted by atomic mass is 32.2. The topological polar surface area (TPSA) is 103 Å². The van der Waals surface area contributed by atoms with E-state index >= 15 is 0 Å². The van der Waals surface area contributed by atoms with Crippen molar-refractivity contribution in [3.8, 4) is 0 Å². The number of hydrogen-bond donors (Lipinski definition) is 1. The van der Waals surface area contributed by atoms with Gasteiger partial charge in [0.05, 0.1) is 31.0 Å². The maximum Gasteiger partial charge on any atom is 0.254 e. The Kier molecular flexibility index (Phi) is 5.98. The molecule has 0 unspecified atom stereocenters. The van der Waals surface area contributed by atoms with Crippen LogP contribution in [-0.2, 0) is 34.2 Å². The SMILES string of the molecule is Cc1cccc(CC(=O)N2CCCC[C@H]2c2nc3c(c(=O)[nH]2)CCN(S(C)(=O)=O)C3)c1. The molecule has 31 heavy (non-hydrogen) atoms. The summed E-state index contributed by atoms with van der Waals surface area (Å²) in [5.74, 6) is 0.463. The van der Waals surface area contributed by atoms with Gasteiger partial charge in [-0.2, -0.15) is 4.31 Å². The number of piperidine rings is 1. The lowest BCUT2D eigenvalue weighted by Crippen LogP contribution is -2.42. The minimum Gasteiger partial charge on any atom is -0.332 e. The molecule has 8 nitrogen and oxygen atoms in total. The third-order valence-corrected chi connectivity index (χ3v) is 7.35. The Balaban J connectivity index is 1.62. The quantitative estimate of drug-likeness (QED) is 0.773. The van der Waals surface area contributed by atoms with Gasteiger partial charge in [-0.1, -0.05) is 29.8 Å². The van der Waals surface area contributed by atoms with E-state index < -0.39 is 10.0 Å². The van der Waals surface area contributed by atoms with Gasteiger partial charge in [-0.15, -0.1) is 0 Å². The molecule has 1 N–H and O–H groups in total. The first kappa shape index (κ1) is 21.7. The van der Waals surface area contributed by atoms with Gasteiger partial charge in [0, 0.05) is 18.7 Å². The number of carbonyl (C=O) groups excluding carboxylic acids is 1. The molecule has 0 spiro atoms. The van der Waals surface area contributed by atoms with E-state index in [0.717, 1.165) is 30.4 Å². The molecule has 1 aromatic carbocycles. The van der Waals surface area contributed by atoms with Crippen LogP contribution in [0.5, 0.6) is 0 Å². The van der Waals surface area contributed by atoms with E-state index in [9.17, 15) is 18.0 Å². The number of carbonyl (C=O) groups is 1. The first-order chi connectivity index (χ1) is 14.7. The fraction of sp³-hybridized carbons (Fsp3) is 0.500. The van der Waals surface area contributed by atoms with E-state index in [1.807, 2.05) is 36.1 Å². The van der Waals surface area contributed by atoms with Crippen LogP contribution in [0.3, 0.4) is 0 Å². The van der Waals surface area contributed by atoms with Crippen molar-refractivity contribution in [1.29, 1.82) is 0 Å². The summed E-state index contributed by atoms with van der Waals surface area (Å²) in [4.78, 5) is 35.2. The second-order valence-corrected chi connectivity index (χ2v) is 10.5. The van der Waals surface area contributed by atoms with Gasteiger partial charge in [0.2, 0.25) is 15.9 Å². The number of nitrogens with zero attached hydrogens (tertiary/aromatic N) is 3. The molecule has 0 bridgehead atoms. The number of nitrogens with one attached hydrogen (secondary N) is 1. The van der Waals surface area contributed by atoms with Crippen molar-refractivity contribution in [2.45, 2.75) is 51.6 Å². The smallest absolute Gasteiger partial charge is 0.254 e. The molecule has 166 valence electrons. The lowest BCUT2D eigenvalue weighted by molar-refractivity contribution is -0.134. The second-order valence-electron chi connectivity index (χ2n) is 8.49. The number of H-pyrrole nitrogens is 1. The summed E-state index contributed by atoms with van der Waals surface area (Å²) in [6.45, 7) is 2.99. The zero-order chi connectivity index (χ0) is 22.2. The molecule has 2 aliphatic heterocycles. The molecule has 1 fully saturated rings. The Hall–Kier alpha value is -2.52. The Bertz CT molecular complexity index is 1160. The molecule has 2 aliphatic rings. The number of likely N-dealkylation sites (tertiary alicyclic amines) is 1. The number of amides is 1. The third kappa shape index (κ3) is 4.72. The zero-order valence-corrected chi connectivity index (χ0v) is 18.7. The number of rotatable bonds is 4. The normalized spacial score (nSPS) is 19.8. The fourth-order valence-electron chi connectivity index (χ4n) is 4.49. The molecule has 1 aromatic heterocycles. The highest BCUT2D eigenvalue weighted by Gasteiger charge is 2.32. The summed E-state index contributed by atoms with van der Waals surface area (Å²) in [7, 11) is -3.36. The van der Waals surface area contributed by atoms with Crippen molar-refractivity contribution < 1.29 is 13.2 Å². The number of sulfonamides is 1. The molecule has 1 saturated heterocycles. The number of aromatic nitrogens is 2. The highest BCUT2D eigenvalue weighted by molar-refractivity contribution is 7.88. The van der Waals surface area contributed by atoms with Gasteiger partial charge in [-0.3, -0.25) is 9.59 Å². The maximum atomic E-state index is 13.1. The Morgan fingerprint density at radius 3 is 2.81 bits per heavy atom. The summed E-state index contributed by atoms with van der Waals surface area (Å²) < 4.78 is 25.3. The summed E-state index contributed by atoms with van der Waals surface area (Å²) >= 11 is 0.